The van der Waals surface area contributed by atoms with Gasteiger partial charge in [-0.3, -0.25) is 4.98 Å². The van der Waals surface area contributed by atoms with Crippen molar-refractivity contribution in [2.75, 3.05) is 0 Å². The summed E-state index contributed by atoms with van der Waals surface area (Å²) in [6.07, 6.45) is 0.480. The molecular formula is C40H33IrN3-2. The third-order valence-electron chi connectivity index (χ3n) is 6.94. The van der Waals surface area contributed by atoms with Crippen LogP contribution >= 0.6 is 0 Å². The predicted molar refractivity (Wildman–Crippen MR) is 178 cm³/mol. The molecule has 0 saturated heterocycles. The maximum Gasteiger partial charge on any atom is 0.0774 e. The first-order valence-electron chi connectivity index (χ1n) is 15.5. The second-order valence-corrected chi connectivity index (χ2v) is 10.5. The number of benzene rings is 5. The van der Waals surface area contributed by atoms with Gasteiger partial charge in [0.25, 0.3) is 0 Å². The smallest absolute Gasteiger partial charge is 0.0774 e. The Morgan fingerprint density at radius 2 is 1.36 bits per heavy atom. The molecule has 2 heterocycles. The number of fused-ring (bicyclic) bond motifs is 1. The summed E-state index contributed by atoms with van der Waals surface area (Å²) < 4.78 is 18.6. The van der Waals surface area contributed by atoms with Gasteiger partial charge in [-0.05, 0) is 65.0 Å². The monoisotopic (exact) mass is 750 g/mol. The molecule has 3 nitrogen and oxygen atoms in total. The molecule has 5 aromatic carbocycles. The summed E-state index contributed by atoms with van der Waals surface area (Å²) in [7, 11) is 0. The number of imidazole rings is 1. The van der Waals surface area contributed by atoms with Crippen molar-refractivity contribution in [3.8, 4) is 39.5 Å². The van der Waals surface area contributed by atoms with Crippen LogP contribution in [0.25, 0.3) is 50.5 Å². The Balaban J connectivity index is 0.000000178. The van der Waals surface area contributed by atoms with Gasteiger partial charge in [0.15, 0.2) is 0 Å². The molecule has 0 bridgehead atoms. The van der Waals surface area contributed by atoms with Crippen LogP contribution in [-0.4, -0.2) is 14.5 Å². The zero-order valence-corrected chi connectivity index (χ0v) is 27.0. The van der Waals surface area contributed by atoms with Crippen molar-refractivity contribution in [1.29, 1.82) is 0 Å². The Hall–Kier alpha value is -4.63. The molecule has 7 rings (SSSR count). The van der Waals surface area contributed by atoms with Crippen LogP contribution in [0.3, 0.4) is 0 Å². The minimum Gasteiger partial charge on any atom is -0.333 e. The molecule has 0 spiro atoms. The van der Waals surface area contributed by atoms with Crippen LogP contribution in [-0.2, 0) is 26.5 Å². The van der Waals surface area contributed by atoms with Crippen molar-refractivity contribution in [1.82, 2.24) is 14.5 Å². The minimum absolute atomic E-state index is 0. The SMILES string of the molecule is [2H]C([2H])(c1ccc(-c2ccnc(-c3[c-]cccc3)c2)cc1)C(C)C.[Ir].[c-]1ccccc1-c1nc2ccccc2n1-c1ccccc1. The molecule has 219 valence electrons. The molecule has 0 atom stereocenters. The fourth-order valence-corrected chi connectivity index (χ4v) is 4.98. The van der Waals surface area contributed by atoms with Crippen LogP contribution in [0.1, 0.15) is 22.2 Å². The Bertz CT molecular complexity index is 1990. The van der Waals surface area contributed by atoms with E-state index in [0.717, 1.165) is 50.5 Å². The number of hydrogen-bond donors (Lipinski definition) is 0. The summed E-state index contributed by atoms with van der Waals surface area (Å²) in [5, 5.41) is 0. The zero-order chi connectivity index (χ0) is 31.2. The molecule has 0 unspecified atom stereocenters. The molecule has 0 aliphatic carbocycles. The molecule has 1 radical (unpaired) electrons. The van der Waals surface area contributed by atoms with Crippen LogP contribution in [0.4, 0.5) is 0 Å². The maximum absolute atomic E-state index is 8.20. The van der Waals surface area contributed by atoms with Gasteiger partial charge in [0.1, 0.15) is 0 Å². The van der Waals surface area contributed by atoms with Gasteiger partial charge in [-0.1, -0.05) is 74.5 Å². The molecular weight excluding hydrogens is 715 g/mol. The number of para-hydroxylation sites is 3. The van der Waals surface area contributed by atoms with Crippen LogP contribution in [0.2, 0.25) is 0 Å². The van der Waals surface area contributed by atoms with E-state index in [1.807, 2.05) is 135 Å². The molecule has 0 amide bonds. The molecule has 0 aliphatic rings. The number of nitrogens with zero attached hydrogens (tertiary/aromatic N) is 3. The molecule has 0 aliphatic heterocycles. The maximum atomic E-state index is 8.20. The van der Waals surface area contributed by atoms with E-state index < -0.39 is 6.37 Å². The summed E-state index contributed by atoms with van der Waals surface area (Å²) in [6.45, 7) is 3.80. The van der Waals surface area contributed by atoms with Crippen molar-refractivity contribution in [3.63, 3.8) is 0 Å². The van der Waals surface area contributed by atoms with E-state index in [-0.39, 0.29) is 26.0 Å². The van der Waals surface area contributed by atoms with Crippen molar-refractivity contribution < 1.29 is 22.8 Å². The van der Waals surface area contributed by atoms with E-state index in [1.54, 1.807) is 6.20 Å². The number of aromatic nitrogens is 3. The zero-order valence-electron chi connectivity index (χ0n) is 26.6. The fraction of sp³-hybridized carbons (Fsp3) is 0.100. The van der Waals surface area contributed by atoms with Gasteiger partial charge in [-0.25, -0.2) is 0 Å². The molecule has 0 fully saturated rings. The summed E-state index contributed by atoms with van der Waals surface area (Å²) >= 11 is 0. The quantitative estimate of drug-likeness (QED) is 0.159. The van der Waals surface area contributed by atoms with Gasteiger partial charge in [0.2, 0.25) is 0 Å². The van der Waals surface area contributed by atoms with Gasteiger partial charge in [0, 0.05) is 34.7 Å². The molecule has 4 heteroatoms. The van der Waals surface area contributed by atoms with Gasteiger partial charge in [-0.2, -0.15) is 0 Å². The predicted octanol–water partition coefficient (Wildman–Crippen LogP) is 9.90. The molecule has 0 N–H and O–H groups in total. The standard InChI is InChI=1S/C21H20N.C19H13N2.Ir/c1-16(2)14-17-8-10-18(11-9-17)20-12-13-22-21(15-20)19-6-4-3-5-7-19;1-3-9-15(10-4-1)19-20-17-13-7-8-14-18(17)21(19)16-11-5-2-6-12-16;/h3-6,8-13,15-16H,14H2,1-2H3;1-9,11-14H;/q2*-1;/i14D2;;. The third kappa shape index (κ3) is 7.29. The summed E-state index contributed by atoms with van der Waals surface area (Å²) in [4.78, 5) is 9.21. The Morgan fingerprint density at radius 3 is 2.05 bits per heavy atom. The summed E-state index contributed by atoms with van der Waals surface area (Å²) in [5.41, 5.74) is 8.89. The number of hydrogen-bond acceptors (Lipinski definition) is 2. The first kappa shape index (κ1) is 28.2. The van der Waals surface area contributed by atoms with Crippen LogP contribution in [0.5, 0.6) is 0 Å². The minimum atomic E-state index is -1.32. The fourth-order valence-electron chi connectivity index (χ4n) is 4.98. The second-order valence-electron chi connectivity index (χ2n) is 10.5. The molecule has 44 heavy (non-hydrogen) atoms. The van der Waals surface area contributed by atoms with Crippen molar-refractivity contribution in [3.05, 3.63) is 163 Å². The number of pyridine rings is 1. The number of rotatable bonds is 6. The molecule has 7 aromatic rings. The van der Waals surface area contributed by atoms with Crippen LogP contribution < -0.4 is 0 Å². The van der Waals surface area contributed by atoms with Gasteiger partial charge < -0.3 is 9.55 Å². The molecule has 0 saturated carbocycles. The van der Waals surface area contributed by atoms with E-state index in [1.165, 1.54) is 0 Å². The van der Waals surface area contributed by atoms with Crippen LogP contribution in [0, 0.1) is 18.1 Å². The van der Waals surface area contributed by atoms with Crippen LogP contribution in [0.15, 0.2) is 146 Å². The average molecular weight is 750 g/mol. The van der Waals surface area contributed by atoms with E-state index in [0.29, 0.717) is 5.56 Å². The second kappa shape index (κ2) is 14.7. The van der Waals surface area contributed by atoms with E-state index in [2.05, 4.69) is 39.9 Å². The Kier molecular flexibility index (Phi) is 9.41. The first-order valence-corrected chi connectivity index (χ1v) is 14.5. The van der Waals surface area contributed by atoms with E-state index in [9.17, 15) is 0 Å². The van der Waals surface area contributed by atoms with Crippen molar-refractivity contribution in [2.45, 2.75) is 20.2 Å². The van der Waals surface area contributed by atoms with E-state index in [4.69, 9.17) is 7.73 Å². The average Bonchev–Trinajstić information content (AvgIpc) is 3.50. The topological polar surface area (TPSA) is 30.7 Å². The largest absolute Gasteiger partial charge is 0.333 e. The Morgan fingerprint density at radius 1 is 0.705 bits per heavy atom. The normalized spacial score (nSPS) is 11.6. The third-order valence-corrected chi connectivity index (χ3v) is 6.94. The summed E-state index contributed by atoms with van der Waals surface area (Å²) in [5.74, 6) is 0.854. The first-order chi connectivity index (χ1) is 21.9. The van der Waals surface area contributed by atoms with Gasteiger partial charge in [0.05, 0.1) is 16.9 Å². The Labute approximate surface area is 276 Å². The van der Waals surface area contributed by atoms with Crippen molar-refractivity contribution in [2.24, 2.45) is 5.92 Å². The van der Waals surface area contributed by atoms with Gasteiger partial charge >= 0.3 is 0 Å². The van der Waals surface area contributed by atoms with Crippen molar-refractivity contribution >= 4 is 11.0 Å². The van der Waals surface area contributed by atoms with Gasteiger partial charge in [-0.15, -0.1) is 71.8 Å². The van der Waals surface area contributed by atoms with E-state index >= 15 is 0 Å². The summed E-state index contributed by atoms with van der Waals surface area (Å²) in [6, 6.07) is 52.4. The molecule has 2 aromatic heterocycles.